The van der Waals surface area contributed by atoms with Crippen LogP contribution in [0.1, 0.15) is 45.3 Å². The molecular weight excluding hydrogens is 273 g/mol. The fraction of sp³-hybridized carbons (Fsp3) is 0.300. The lowest BCUT2D eigenvalue weighted by Crippen LogP contribution is -2.07. The number of aromatic nitrogens is 1. The monoisotopic (exact) mass is 295 g/mol. The summed E-state index contributed by atoms with van der Waals surface area (Å²) in [5, 5.41) is 1.24. The van der Waals surface area contributed by atoms with Crippen molar-refractivity contribution >= 4 is 10.9 Å². The van der Waals surface area contributed by atoms with Gasteiger partial charge < -0.3 is 4.57 Å². The number of hydrogen-bond acceptors (Lipinski definition) is 0. The fourth-order valence-electron chi connectivity index (χ4n) is 3.33. The van der Waals surface area contributed by atoms with Crippen LogP contribution in [0.2, 0.25) is 0 Å². The van der Waals surface area contributed by atoms with Gasteiger partial charge in [-0.3, -0.25) is 0 Å². The number of benzene rings is 2. The first kappa shape index (κ1) is 14.8. The van der Waals surface area contributed by atoms with Crippen LogP contribution in [-0.2, 0) is 0 Å². The van der Waals surface area contributed by atoms with Crippen molar-refractivity contribution in [2.45, 2.75) is 39.7 Å². The van der Waals surface area contributed by atoms with Crippen LogP contribution in [-0.4, -0.2) is 4.57 Å². The van der Waals surface area contributed by atoms with Crippen molar-refractivity contribution in [1.29, 1.82) is 0 Å². The second-order valence-corrected chi connectivity index (χ2v) is 6.40. The van der Waals surface area contributed by atoms with Crippen molar-refractivity contribution in [2.24, 2.45) is 0 Å². The van der Waals surface area contributed by atoms with Crippen molar-refractivity contribution in [3.63, 3.8) is 0 Å². The molecule has 0 aliphatic carbocycles. The standard InChI is InChI=1S/C20H22FN/c1-13(2)20-19(15-9-11-16(21)12-10-15)17-7-5-6-8-18(17)22(20)14(3)4/h5-14H,1-4H3. The van der Waals surface area contributed by atoms with E-state index in [-0.39, 0.29) is 5.82 Å². The van der Waals surface area contributed by atoms with E-state index >= 15 is 0 Å². The maximum atomic E-state index is 13.3. The quantitative estimate of drug-likeness (QED) is 0.546. The minimum absolute atomic E-state index is 0.192. The number of para-hydroxylation sites is 1. The molecule has 0 saturated heterocycles. The Hall–Kier alpha value is -2.09. The third-order valence-corrected chi connectivity index (χ3v) is 4.14. The topological polar surface area (TPSA) is 4.93 Å². The maximum absolute atomic E-state index is 13.3. The van der Waals surface area contributed by atoms with Gasteiger partial charge in [0, 0.05) is 28.2 Å². The number of fused-ring (bicyclic) bond motifs is 1. The van der Waals surface area contributed by atoms with Crippen LogP contribution >= 0.6 is 0 Å². The van der Waals surface area contributed by atoms with E-state index in [4.69, 9.17) is 0 Å². The zero-order chi connectivity index (χ0) is 15.9. The summed E-state index contributed by atoms with van der Waals surface area (Å²) in [6, 6.07) is 15.7. The Morgan fingerprint density at radius 2 is 1.50 bits per heavy atom. The molecule has 0 spiro atoms. The molecule has 3 aromatic rings. The van der Waals surface area contributed by atoms with E-state index in [1.54, 1.807) is 12.1 Å². The zero-order valence-corrected chi connectivity index (χ0v) is 13.6. The molecule has 22 heavy (non-hydrogen) atoms. The molecule has 0 radical (unpaired) electrons. The minimum atomic E-state index is -0.192. The first-order chi connectivity index (χ1) is 10.5. The van der Waals surface area contributed by atoms with E-state index < -0.39 is 0 Å². The summed E-state index contributed by atoms with van der Waals surface area (Å²) in [4.78, 5) is 0. The Morgan fingerprint density at radius 1 is 0.864 bits per heavy atom. The van der Waals surface area contributed by atoms with Gasteiger partial charge >= 0.3 is 0 Å². The summed E-state index contributed by atoms with van der Waals surface area (Å²) in [5.41, 5.74) is 4.89. The third kappa shape index (κ3) is 2.33. The molecule has 0 amide bonds. The molecule has 0 atom stereocenters. The molecule has 1 heterocycles. The lowest BCUT2D eigenvalue weighted by atomic mass is 9.97. The van der Waals surface area contributed by atoms with Crippen LogP contribution < -0.4 is 0 Å². The van der Waals surface area contributed by atoms with Crippen molar-refractivity contribution in [3.05, 3.63) is 60.0 Å². The lowest BCUT2D eigenvalue weighted by Gasteiger charge is -2.18. The van der Waals surface area contributed by atoms with E-state index in [1.165, 1.54) is 22.2 Å². The van der Waals surface area contributed by atoms with E-state index in [1.807, 2.05) is 12.1 Å². The van der Waals surface area contributed by atoms with Gasteiger partial charge in [0.25, 0.3) is 0 Å². The average molecular weight is 295 g/mol. The first-order valence-corrected chi connectivity index (χ1v) is 7.89. The molecule has 0 aliphatic rings. The zero-order valence-electron chi connectivity index (χ0n) is 13.6. The summed E-state index contributed by atoms with van der Waals surface area (Å²) < 4.78 is 15.7. The highest BCUT2D eigenvalue weighted by Gasteiger charge is 2.21. The van der Waals surface area contributed by atoms with Crippen molar-refractivity contribution < 1.29 is 4.39 Å². The second-order valence-electron chi connectivity index (χ2n) is 6.40. The Balaban J connectivity index is 2.42. The number of hydrogen-bond donors (Lipinski definition) is 0. The van der Waals surface area contributed by atoms with E-state index in [2.05, 4.69) is 56.5 Å². The van der Waals surface area contributed by atoms with Crippen LogP contribution in [0.25, 0.3) is 22.0 Å². The van der Waals surface area contributed by atoms with Gasteiger partial charge in [-0.15, -0.1) is 0 Å². The maximum Gasteiger partial charge on any atom is 0.123 e. The van der Waals surface area contributed by atoms with Crippen molar-refractivity contribution in [1.82, 2.24) is 4.57 Å². The van der Waals surface area contributed by atoms with Gasteiger partial charge in [0.15, 0.2) is 0 Å². The Kier molecular flexibility index (Phi) is 3.78. The highest BCUT2D eigenvalue weighted by molar-refractivity contribution is 5.98. The Labute approximate surface area is 131 Å². The predicted octanol–water partition coefficient (Wildman–Crippen LogP) is 6.15. The first-order valence-electron chi connectivity index (χ1n) is 7.89. The molecule has 0 aliphatic heterocycles. The molecule has 0 bridgehead atoms. The van der Waals surface area contributed by atoms with Gasteiger partial charge in [-0.25, -0.2) is 4.39 Å². The molecule has 0 N–H and O–H groups in total. The van der Waals surface area contributed by atoms with Crippen molar-refractivity contribution in [2.75, 3.05) is 0 Å². The summed E-state index contributed by atoms with van der Waals surface area (Å²) >= 11 is 0. The van der Waals surface area contributed by atoms with Crippen LogP contribution in [0.5, 0.6) is 0 Å². The molecule has 3 rings (SSSR count). The van der Waals surface area contributed by atoms with Crippen LogP contribution in [0.4, 0.5) is 4.39 Å². The molecule has 1 aromatic heterocycles. The van der Waals surface area contributed by atoms with Crippen LogP contribution in [0.15, 0.2) is 48.5 Å². The predicted molar refractivity (Wildman–Crippen MR) is 91.8 cm³/mol. The van der Waals surface area contributed by atoms with E-state index in [9.17, 15) is 4.39 Å². The number of rotatable bonds is 3. The molecule has 0 fully saturated rings. The lowest BCUT2D eigenvalue weighted by molar-refractivity contribution is 0.578. The average Bonchev–Trinajstić information content (AvgIpc) is 2.83. The van der Waals surface area contributed by atoms with Gasteiger partial charge in [-0.1, -0.05) is 44.2 Å². The highest BCUT2D eigenvalue weighted by atomic mass is 19.1. The molecule has 0 unspecified atom stereocenters. The summed E-state index contributed by atoms with van der Waals surface area (Å²) in [6.45, 7) is 8.87. The van der Waals surface area contributed by atoms with Gasteiger partial charge in [-0.05, 0) is 43.5 Å². The number of halogens is 1. The minimum Gasteiger partial charge on any atom is -0.341 e. The van der Waals surface area contributed by atoms with Gasteiger partial charge in [0.05, 0.1) is 0 Å². The second kappa shape index (κ2) is 5.60. The Bertz CT molecular complexity index is 794. The van der Waals surface area contributed by atoms with Gasteiger partial charge in [-0.2, -0.15) is 0 Å². The summed E-state index contributed by atoms with van der Waals surface area (Å²) in [6.07, 6.45) is 0. The molecule has 114 valence electrons. The molecular formula is C20H22FN. The molecule has 2 heteroatoms. The smallest absolute Gasteiger partial charge is 0.123 e. The largest absolute Gasteiger partial charge is 0.341 e. The highest BCUT2D eigenvalue weighted by Crippen LogP contribution is 2.40. The normalized spacial score (nSPS) is 11.8. The van der Waals surface area contributed by atoms with Crippen molar-refractivity contribution in [3.8, 4) is 11.1 Å². The summed E-state index contributed by atoms with van der Waals surface area (Å²) in [7, 11) is 0. The van der Waals surface area contributed by atoms with Gasteiger partial charge in [0.2, 0.25) is 0 Å². The number of nitrogens with zero attached hydrogens (tertiary/aromatic N) is 1. The van der Waals surface area contributed by atoms with E-state index in [0.717, 1.165) is 5.56 Å². The van der Waals surface area contributed by atoms with E-state index in [0.29, 0.717) is 12.0 Å². The van der Waals surface area contributed by atoms with Crippen LogP contribution in [0.3, 0.4) is 0 Å². The molecule has 1 nitrogen and oxygen atoms in total. The Morgan fingerprint density at radius 3 is 2.09 bits per heavy atom. The summed E-state index contributed by atoms with van der Waals surface area (Å²) in [5.74, 6) is 0.206. The fourth-order valence-corrected chi connectivity index (χ4v) is 3.33. The molecule has 2 aromatic carbocycles. The molecule has 0 saturated carbocycles. The third-order valence-electron chi connectivity index (χ3n) is 4.14. The van der Waals surface area contributed by atoms with Crippen LogP contribution in [0, 0.1) is 5.82 Å². The van der Waals surface area contributed by atoms with Gasteiger partial charge in [0.1, 0.15) is 5.82 Å². The SMILES string of the molecule is CC(C)c1c(-c2ccc(F)cc2)c2ccccc2n1C(C)C.